The van der Waals surface area contributed by atoms with E-state index in [4.69, 9.17) is 9.47 Å². The van der Waals surface area contributed by atoms with Crippen LogP contribution in [0.15, 0.2) is 91.5 Å². The lowest BCUT2D eigenvalue weighted by atomic mass is 10.1. The molecule has 0 saturated carbocycles. The summed E-state index contributed by atoms with van der Waals surface area (Å²) in [4.78, 5) is 24.4. The number of fused-ring (bicyclic) bond motifs is 1. The SMILES string of the molecule is COc1ccc(SN(CC(=O)O)c2ccc(N(CC(=O)O)S(=O)(=O)c3ccc(OC)cc3Br)c3ccccc23)c(Br)c1. The highest BCUT2D eigenvalue weighted by atomic mass is 79.9. The lowest BCUT2D eigenvalue weighted by Crippen LogP contribution is -2.36. The Labute approximate surface area is 263 Å². The minimum absolute atomic E-state index is 0.116. The molecule has 0 spiro atoms. The summed E-state index contributed by atoms with van der Waals surface area (Å²) < 4.78 is 41.5. The fraction of sp³-hybridized carbons (Fsp3) is 0.143. The van der Waals surface area contributed by atoms with Crippen molar-refractivity contribution < 1.29 is 37.7 Å². The number of methoxy groups -OCH3 is 2. The van der Waals surface area contributed by atoms with Crippen molar-refractivity contribution in [3.05, 3.63) is 81.7 Å². The molecule has 4 aromatic carbocycles. The third-order valence-electron chi connectivity index (χ3n) is 6.03. The highest BCUT2D eigenvalue weighted by Gasteiger charge is 2.31. The zero-order valence-corrected chi connectivity index (χ0v) is 27.0. The molecule has 0 aliphatic rings. The largest absolute Gasteiger partial charge is 0.497 e. The summed E-state index contributed by atoms with van der Waals surface area (Å²) in [5, 5.41) is 20.4. The minimum atomic E-state index is -4.39. The highest BCUT2D eigenvalue weighted by molar-refractivity contribution is 9.10. The average molecular weight is 740 g/mol. The Bertz CT molecular complexity index is 1770. The second kappa shape index (κ2) is 13.2. The second-order valence-electron chi connectivity index (χ2n) is 8.67. The van der Waals surface area contributed by atoms with Crippen LogP contribution in [-0.4, -0.2) is 57.9 Å². The van der Waals surface area contributed by atoms with Crippen molar-refractivity contribution in [3.8, 4) is 11.5 Å². The Morgan fingerprint density at radius 1 is 0.786 bits per heavy atom. The number of nitrogens with zero attached hydrogens (tertiary/aromatic N) is 2. The Kier molecular flexibility index (Phi) is 9.92. The number of halogens is 2. The van der Waals surface area contributed by atoms with E-state index in [0.29, 0.717) is 37.3 Å². The normalized spacial score (nSPS) is 11.2. The number of sulfonamides is 1. The molecular weight excluding hydrogens is 716 g/mol. The van der Waals surface area contributed by atoms with Gasteiger partial charge in [0.25, 0.3) is 10.0 Å². The molecule has 0 aliphatic heterocycles. The summed E-state index contributed by atoms with van der Waals surface area (Å²) >= 11 is 7.94. The van der Waals surface area contributed by atoms with Crippen LogP contribution < -0.4 is 18.1 Å². The van der Waals surface area contributed by atoms with Gasteiger partial charge in [-0.1, -0.05) is 24.3 Å². The first-order chi connectivity index (χ1) is 20.0. The maximum absolute atomic E-state index is 13.9. The predicted octanol–water partition coefficient (Wildman–Crippen LogP) is 6.26. The van der Waals surface area contributed by atoms with E-state index in [-0.39, 0.29) is 21.6 Å². The molecular formula is C28H24Br2N2O8S2. The quantitative estimate of drug-likeness (QED) is 0.161. The molecule has 0 radical (unpaired) electrons. The van der Waals surface area contributed by atoms with E-state index in [1.165, 1.54) is 43.3 Å². The predicted molar refractivity (Wildman–Crippen MR) is 168 cm³/mol. The van der Waals surface area contributed by atoms with Gasteiger partial charge in [0.15, 0.2) is 0 Å². The minimum Gasteiger partial charge on any atom is -0.497 e. The van der Waals surface area contributed by atoms with Gasteiger partial charge in [-0.25, -0.2) is 8.42 Å². The fourth-order valence-electron chi connectivity index (χ4n) is 4.15. The van der Waals surface area contributed by atoms with E-state index in [1.807, 2.05) is 0 Å². The molecule has 14 heteroatoms. The number of hydrogen-bond donors (Lipinski definition) is 2. The van der Waals surface area contributed by atoms with Gasteiger partial charge in [-0.2, -0.15) is 0 Å². The summed E-state index contributed by atoms with van der Waals surface area (Å²) in [6.07, 6.45) is 0. The fourth-order valence-corrected chi connectivity index (χ4v) is 8.12. The van der Waals surface area contributed by atoms with Crippen LogP contribution >= 0.6 is 43.8 Å². The summed E-state index contributed by atoms with van der Waals surface area (Å²) in [5.41, 5.74) is 0.605. The van der Waals surface area contributed by atoms with Crippen molar-refractivity contribution in [2.45, 2.75) is 9.79 Å². The number of benzene rings is 4. The van der Waals surface area contributed by atoms with Gasteiger partial charge in [0.05, 0.1) is 25.6 Å². The number of carbonyl (C=O) groups is 2. The van der Waals surface area contributed by atoms with Crippen LogP contribution in [0.5, 0.6) is 11.5 Å². The first kappa shape index (κ1) is 31.5. The molecule has 0 aliphatic carbocycles. The number of anilines is 2. The zero-order chi connectivity index (χ0) is 30.6. The van der Waals surface area contributed by atoms with Crippen LogP contribution in [0.25, 0.3) is 10.8 Å². The lowest BCUT2D eigenvalue weighted by molar-refractivity contribution is -0.136. The topological polar surface area (TPSA) is 134 Å². The second-order valence-corrected chi connectivity index (χ2v) is 13.3. The maximum atomic E-state index is 13.9. The molecule has 4 rings (SSSR count). The Hall–Kier alpha value is -3.46. The van der Waals surface area contributed by atoms with Gasteiger partial charge in [0.1, 0.15) is 29.5 Å². The molecule has 0 atom stereocenters. The van der Waals surface area contributed by atoms with E-state index < -0.39 is 28.5 Å². The van der Waals surface area contributed by atoms with E-state index in [9.17, 15) is 28.2 Å². The third kappa shape index (κ3) is 6.77. The lowest BCUT2D eigenvalue weighted by Gasteiger charge is -2.28. The van der Waals surface area contributed by atoms with Crippen LogP contribution in [0.4, 0.5) is 11.4 Å². The van der Waals surface area contributed by atoms with Crippen LogP contribution in [0.3, 0.4) is 0 Å². The molecule has 0 amide bonds. The van der Waals surface area contributed by atoms with Gasteiger partial charge in [0.2, 0.25) is 0 Å². The molecule has 0 fully saturated rings. The average Bonchev–Trinajstić information content (AvgIpc) is 2.95. The van der Waals surface area contributed by atoms with Crippen LogP contribution in [-0.2, 0) is 19.6 Å². The van der Waals surface area contributed by atoms with E-state index in [0.717, 1.165) is 4.31 Å². The standard InChI is InChI=1S/C28H24Br2N2O8S2/c1-39-17-7-11-25(21(29)13-17)41-31(15-27(33)34)23-9-10-24(20-6-4-3-5-19(20)23)32(16-28(35)36)42(37,38)26-12-8-18(40-2)14-22(26)30/h3-14H,15-16H2,1-2H3,(H,33,34)(H,35,36). The molecule has 0 heterocycles. The molecule has 2 N–H and O–H groups in total. The van der Waals surface area contributed by atoms with Crippen LogP contribution in [0, 0.1) is 0 Å². The summed E-state index contributed by atoms with van der Waals surface area (Å²) in [7, 11) is -1.40. The van der Waals surface area contributed by atoms with Crippen LogP contribution in [0.1, 0.15) is 0 Å². The molecule has 0 saturated heterocycles. The number of rotatable bonds is 12. The number of ether oxygens (including phenoxy) is 2. The van der Waals surface area contributed by atoms with E-state index in [2.05, 4.69) is 31.9 Å². The van der Waals surface area contributed by atoms with Gasteiger partial charge in [-0.3, -0.25) is 13.9 Å². The monoisotopic (exact) mass is 738 g/mol. The van der Waals surface area contributed by atoms with Gasteiger partial charge < -0.3 is 24.0 Å². The number of carboxylic acids is 2. The number of aliphatic carboxylic acids is 2. The van der Waals surface area contributed by atoms with Gasteiger partial charge in [-0.15, -0.1) is 0 Å². The molecule has 10 nitrogen and oxygen atoms in total. The summed E-state index contributed by atoms with van der Waals surface area (Å²) in [6, 6.07) is 19.4. The van der Waals surface area contributed by atoms with Crippen molar-refractivity contribution in [1.82, 2.24) is 0 Å². The van der Waals surface area contributed by atoms with Gasteiger partial charge in [-0.05, 0) is 92.3 Å². The zero-order valence-electron chi connectivity index (χ0n) is 22.2. The smallest absolute Gasteiger partial charge is 0.324 e. The molecule has 0 bridgehead atoms. The number of carboxylic acid groups (broad SMARTS) is 2. The first-order valence-corrected chi connectivity index (χ1v) is 15.9. The van der Waals surface area contributed by atoms with Crippen LogP contribution in [0.2, 0.25) is 0 Å². The maximum Gasteiger partial charge on any atom is 0.324 e. The molecule has 42 heavy (non-hydrogen) atoms. The van der Waals surface area contributed by atoms with E-state index >= 15 is 0 Å². The summed E-state index contributed by atoms with van der Waals surface area (Å²) in [6.45, 7) is -1.24. The van der Waals surface area contributed by atoms with Crippen molar-refractivity contribution in [1.29, 1.82) is 0 Å². The Morgan fingerprint density at radius 2 is 1.33 bits per heavy atom. The van der Waals surface area contributed by atoms with Crippen molar-refractivity contribution in [2.24, 2.45) is 0 Å². The van der Waals surface area contributed by atoms with Crippen molar-refractivity contribution in [2.75, 3.05) is 35.9 Å². The Balaban J connectivity index is 1.87. The van der Waals surface area contributed by atoms with Crippen molar-refractivity contribution in [3.63, 3.8) is 0 Å². The molecule has 4 aromatic rings. The van der Waals surface area contributed by atoms with Gasteiger partial charge >= 0.3 is 11.9 Å². The first-order valence-electron chi connectivity index (χ1n) is 12.1. The molecule has 0 unspecified atom stereocenters. The third-order valence-corrected chi connectivity index (χ3v) is 10.8. The highest BCUT2D eigenvalue weighted by Crippen LogP contribution is 2.42. The number of hydrogen-bond acceptors (Lipinski definition) is 8. The summed E-state index contributed by atoms with van der Waals surface area (Å²) in [5.74, 6) is -1.41. The van der Waals surface area contributed by atoms with Gasteiger partial charge in [0, 0.05) is 24.6 Å². The Morgan fingerprint density at radius 3 is 1.88 bits per heavy atom. The van der Waals surface area contributed by atoms with E-state index in [1.54, 1.807) is 59.9 Å². The molecule has 0 aromatic heterocycles. The van der Waals surface area contributed by atoms with Crippen molar-refractivity contribution >= 4 is 87.9 Å². The molecule has 220 valence electrons.